The van der Waals surface area contributed by atoms with E-state index in [-0.39, 0.29) is 11.5 Å². The second-order valence-electron chi connectivity index (χ2n) is 4.08. The van der Waals surface area contributed by atoms with Gasteiger partial charge in [-0.15, -0.1) is 10.2 Å². The Labute approximate surface area is 129 Å². The molecule has 0 aliphatic heterocycles. The Balaban J connectivity index is 2.05. The lowest BCUT2D eigenvalue weighted by Crippen LogP contribution is -2.15. The molecule has 0 aliphatic rings. The van der Waals surface area contributed by atoms with Crippen molar-refractivity contribution in [2.75, 3.05) is 12.0 Å². The van der Waals surface area contributed by atoms with Gasteiger partial charge in [0.2, 0.25) is 5.95 Å². The molecule has 0 saturated carbocycles. The summed E-state index contributed by atoms with van der Waals surface area (Å²) in [4.78, 5) is 13.9. The monoisotopic (exact) mass is 351 g/mol. The number of benzene rings is 1. The third-order valence-corrected chi connectivity index (χ3v) is 3.12. The summed E-state index contributed by atoms with van der Waals surface area (Å²) in [6.07, 6.45) is 1.60. The molecule has 2 aromatic rings. The van der Waals surface area contributed by atoms with Crippen molar-refractivity contribution in [3.05, 3.63) is 44.3 Å². The van der Waals surface area contributed by atoms with E-state index in [1.165, 1.54) is 0 Å². The number of hydrogen-bond donors (Lipinski definition) is 2. The number of hydrazone groups is 1. The minimum atomic E-state index is -0.300. The van der Waals surface area contributed by atoms with Crippen molar-refractivity contribution in [2.45, 2.75) is 13.8 Å². The summed E-state index contributed by atoms with van der Waals surface area (Å²) in [5.41, 5.74) is 3.48. The molecule has 0 aliphatic carbocycles. The largest absolute Gasteiger partial charge is 0.493 e. The van der Waals surface area contributed by atoms with E-state index in [2.05, 4.69) is 41.6 Å². The average molecular weight is 352 g/mol. The predicted octanol–water partition coefficient (Wildman–Crippen LogP) is 2.08. The van der Waals surface area contributed by atoms with Crippen molar-refractivity contribution in [1.82, 2.24) is 15.2 Å². The first-order valence-electron chi connectivity index (χ1n) is 6.25. The predicted molar refractivity (Wildman–Crippen MR) is 83.9 cm³/mol. The number of nitrogens with one attached hydrogen (secondary N) is 2. The summed E-state index contributed by atoms with van der Waals surface area (Å²) in [6.45, 7) is 4.11. The van der Waals surface area contributed by atoms with Crippen LogP contribution in [0.3, 0.4) is 0 Å². The maximum atomic E-state index is 11.3. The number of anilines is 1. The van der Waals surface area contributed by atoms with E-state index in [9.17, 15) is 4.79 Å². The normalized spacial score (nSPS) is 10.8. The minimum absolute atomic E-state index is 0.187. The van der Waals surface area contributed by atoms with Crippen LogP contribution in [0.25, 0.3) is 0 Å². The first kappa shape index (κ1) is 15.2. The fraction of sp³-hybridized carbons (Fsp3) is 0.231. The molecule has 7 nitrogen and oxygen atoms in total. The van der Waals surface area contributed by atoms with Gasteiger partial charge < -0.3 is 4.74 Å². The number of hydrogen-bond acceptors (Lipinski definition) is 6. The Morgan fingerprint density at radius 2 is 2.29 bits per heavy atom. The molecule has 2 N–H and O–H groups in total. The van der Waals surface area contributed by atoms with Crippen LogP contribution >= 0.6 is 15.9 Å². The fourth-order valence-corrected chi connectivity index (χ4v) is 1.99. The van der Waals surface area contributed by atoms with Gasteiger partial charge in [0.25, 0.3) is 5.56 Å². The van der Waals surface area contributed by atoms with E-state index in [1.54, 1.807) is 13.1 Å². The summed E-state index contributed by atoms with van der Waals surface area (Å²) in [6, 6.07) is 5.59. The van der Waals surface area contributed by atoms with Crippen LogP contribution < -0.4 is 15.7 Å². The number of aromatic amines is 1. The lowest BCUT2D eigenvalue weighted by atomic mass is 10.2. The van der Waals surface area contributed by atoms with Gasteiger partial charge in [-0.2, -0.15) is 5.10 Å². The molecule has 1 aromatic heterocycles. The highest BCUT2D eigenvalue weighted by Gasteiger charge is 2.01. The van der Waals surface area contributed by atoms with Crippen LogP contribution in [-0.4, -0.2) is 28.0 Å². The van der Waals surface area contributed by atoms with E-state index < -0.39 is 0 Å². The maximum absolute atomic E-state index is 11.3. The quantitative estimate of drug-likeness (QED) is 0.635. The molecule has 21 heavy (non-hydrogen) atoms. The summed E-state index contributed by atoms with van der Waals surface area (Å²) in [7, 11) is 0. The minimum Gasteiger partial charge on any atom is -0.493 e. The Morgan fingerprint density at radius 1 is 1.48 bits per heavy atom. The molecule has 0 amide bonds. The Bertz CT molecular complexity index is 714. The van der Waals surface area contributed by atoms with Crippen molar-refractivity contribution < 1.29 is 4.74 Å². The number of aromatic nitrogens is 3. The highest BCUT2D eigenvalue weighted by Crippen LogP contribution is 2.25. The van der Waals surface area contributed by atoms with Crippen LogP contribution in [0.15, 0.2) is 32.6 Å². The Kier molecular flexibility index (Phi) is 5.04. The summed E-state index contributed by atoms with van der Waals surface area (Å²) >= 11 is 3.43. The summed E-state index contributed by atoms with van der Waals surface area (Å²) in [5, 5.41) is 11.5. The number of nitrogens with zero attached hydrogens (tertiary/aromatic N) is 3. The van der Waals surface area contributed by atoms with Gasteiger partial charge in [0, 0.05) is 0 Å². The van der Waals surface area contributed by atoms with Crippen LogP contribution in [0.5, 0.6) is 5.75 Å². The van der Waals surface area contributed by atoms with Crippen LogP contribution in [0.1, 0.15) is 18.2 Å². The molecule has 1 heterocycles. The van der Waals surface area contributed by atoms with Crippen LogP contribution in [0, 0.1) is 6.92 Å². The third kappa shape index (κ3) is 4.12. The van der Waals surface area contributed by atoms with Gasteiger partial charge in [0.05, 0.1) is 17.3 Å². The Hall–Kier alpha value is -2.22. The second-order valence-corrected chi connectivity index (χ2v) is 4.94. The molecule has 0 atom stereocenters. The molecule has 110 valence electrons. The molecular formula is C13H14BrN5O2. The lowest BCUT2D eigenvalue weighted by Gasteiger charge is -2.05. The number of halogens is 1. The second kappa shape index (κ2) is 6.98. The van der Waals surface area contributed by atoms with Crippen molar-refractivity contribution in [1.29, 1.82) is 0 Å². The molecule has 0 unspecified atom stereocenters. The van der Waals surface area contributed by atoms with E-state index >= 15 is 0 Å². The first-order chi connectivity index (χ1) is 10.1. The van der Waals surface area contributed by atoms with Gasteiger partial charge in [-0.05, 0) is 53.5 Å². The fourth-order valence-electron chi connectivity index (χ4n) is 1.48. The lowest BCUT2D eigenvalue weighted by molar-refractivity contribution is 0.338. The zero-order valence-corrected chi connectivity index (χ0v) is 13.1. The van der Waals surface area contributed by atoms with Gasteiger partial charge >= 0.3 is 0 Å². The van der Waals surface area contributed by atoms with Gasteiger partial charge in [-0.1, -0.05) is 0 Å². The number of ether oxygens (including phenoxy) is 1. The zero-order chi connectivity index (χ0) is 15.2. The molecule has 8 heteroatoms. The van der Waals surface area contributed by atoms with E-state index in [0.29, 0.717) is 12.3 Å². The van der Waals surface area contributed by atoms with Gasteiger partial charge in [0.1, 0.15) is 11.4 Å². The van der Waals surface area contributed by atoms with Crippen molar-refractivity contribution >= 4 is 28.1 Å². The third-order valence-electron chi connectivity index (χ3n) is 2.50. The van der Waals surface area contributed by atoms with Crippen LogP contribution in [-0.2, 0) is 0 Å². The average Bonchev–Trinajstić information content (AvgIpc) is 2.46. The molecule has 0 spiro atoms. The van der Waals surface area contributed by atoms with E-state index in [1.807, 2.05) is 25.1 Å². The SMILES string of the molecule is CCOc1ccc(/C=N/Nc2nnc(C)c(=O)[nH]2)cc1Br. The number of H-pyrrole nitrogens is 1. The number of aryl methyl sites for hydroxylation is 1. The van der Waals surface area contributed by atoms with Crippen LogP contribution in [0.2, 0.25) is 0 Å². The van der Waals surface area contributed by atoms with Crippen molar-refractivity contribution in [3.8, 4) is 5.75 Å². The molecule has 0 saturated heterocycles. The standard InChI is InChI=1S/C13H14BrN5O2/c1-3-21-11-5-4-9(6-10(11)14)7-15-18-13-16-12(20)8(2)17-19-13/h4-7H,3H2,1-2H3,(H2,16,18,19,20)/b15-7+. The highest BCUT2D eigenvalue weighted by atomic mass is 79.9. The van der Waals surface area contributed by atoms with Gasteiger partial charge in [0.15, 0.2) is 0 Å². The van der Waals surface area contributed by atoms with Crippen molar-refractivity contribution in [3.63, 3.8) is 0 Å². The molecule has 2 rings (SSSR count). The van der Waals surface area contributed by atoms with E-state index in [4.69, 9.17) is 4.74 Å². The Morgan fingerprint density at radius 3 is 2.95 bits per heavy atom. The van der Waals surface area contributed by atoms with Crippen LogP contribution in [0.4, 0.5) is 5.95 Å². The summed E-state index contributed by atoms with van der Waals surface area (Å²) in [5.74, 6) is 0.961. The van der Waals surface area contributed by atoms with Gasteiger partial charge in [-0.25, -0.2) is 5.43 Å². The van der Waals surface area contributed by atoms with Crippen molar-refractivity contribution in [2.24, 2.45) is 5.10 Å². The molecule has 0 radical (unpaired) electrons. The summed E-state index contributed by atoms with van der Waals surface area (Å²) < 4.78 is 6.27. The molecule has 0 fully saturated rings. The molecule has 0 bridgehead atoms. The first-order valence-corrected chi connectivity index (χ1v) is 7.04. The number of rotatable bonds is 5. The maximum Gasteiger partial charge on any atom is 0.274 e. The highest BCUT2D eigenvalue weighted by molar-refractivity contribution is 9.10. The smallest absolute Gasteiger partial charge is 0.274 e. The van der Waals surface area contributed by atoms with E-state index in [0.717, 1.165) is 15.8 Å². The van der Waals surface area contributed by atoms with Gasteiger partial charge in [-0.3, -0.25) is 9.78 Å². The zero-order valence-electron chi connectivity index (χ0n) is 11.6. The topological polar surface area (TPSA) is 92.3 Å². The molecular weight excluding hydrogens is 338 g/mol. The molecule has 1 aromatic carbocycles.